The fourth-order valence-corrected chi connectivity index (χ4v) is 2.84. The molecule has 0 atom stereocenters. The van der Waals surface area contributed by atoms with Gasteiger partial charge in [0.1, 0.15) is 10.8 Å². The molecule has 3 heterocycles. The zero-order chi connectivity index (χ0) is 20.9. The fourth-order valence-electron chi connectivity index (χ4n) is 2.64. The van der Waals surface area contributed by atoms with Crippen molar-refractivity contribution < 1.29 is 0 Å². The molecule has 28 heavy (non-hydrogen) atoms. The van der Waals surface area contributed by atoms with Crippen molar-refractivity contribution >= 4 is 17.1 Å². The Kier molecular flexibility index (Phi) is 10.6. The lowest BCUT2D eigenvalue weighted by Crippen LogP contribution is -1.88. The summed E-state index contributed by atoms with van der Waals surface area (Å²) in [5, 5.41) is 5.32. The second kappa shape index (κ2) is 12.7. The molecule has 0 aliphatic rings. The summed E-state index contributed by atoms with van der Waals surface area (Å²) < 4.78 is 1.78. The number of nitrogens with zero attached hydrogens (tertiary/aromatic N) is 3. The Bertz CT molecular complexity index is 932. The number of halogens is 1. The second-order valence-electron chi connectivity index (χ2n) is 4.97. The van der Waals surface area contributed by atoms with Crippen LogP contribution in [0.1, 0.15) is 41.5 Å². The van der Waals surface area contributed by atoms with E-state index in [1.54, 1.807) is 16.9 Å². The van der Waals surface area contributed by atoms with Crippen LogP contribution in [0.15, 0.2) is 73.1 Å². The Morgan fingerprint density at radius 3 is 1.89 bits per heavy atom. The van der Waals surface area contributed by atoms with Gasteiger partial charge in [-0.3, -0.25) is 4.98 Å². The van der Waals surface area contributed by atoms with E-state index in [2.05, 4.69) is 17.1 Å². The van der Waals surface area contributed by atoms with Gasteiger partial charge < -0.3 is 0 Å². The van der Waals surface area contributed by atoms with Gasteiger partial charge in [-0.1, -0.05) is 89.5 Å². The van der Waals surface area contributed by atoms with Gasteiger partial charge in [0.05, 0.1) is 5.52 Å². The highest BCUT2D eigenvalue weighted by Crippen LogP contribution is 2.35. The highest BCUT2D eigenvalue weighted by molar-refractivity contribution is 6.29. The summed E-state index contributed by atoms with van der Waals surface area (Å²) in [6, 6.07) is 19.9. The molecular formula is C24H30ClN3. The molecule has 3 aromatic heterocycles. The number of hydrogen-bond acceptors (Lipinski definition) is 2. The second-order valence-corrected chi connectivity index (χ2v) is 5.36. The lowest BCUT2D eigenvalue weighted by atomic mass is 10.0. The minimum Gasteiger partial charge on any atom is -0.265 e. The lowest BCUT2D eigenvalue weighted by molar-refractivity contribution is 0.966. The van der Waals surface area contributed by atoms with E-state index in [-0.39, 0.29) is 0 Å². The van der Waals surface area contributed by atoms with E-state index in [1.165, 1.54) is 0 Å². The number of benzene rings is 1. The number of hydrogen-bond donors (Lipinski definition) is 0. The largest absolute Gasteiger partial charge is 0.265 e. The molecule has 0 amide bonds. The number of fused-ring (bicyclic) bond motifs is 1. The topological polar surface area (TPSA) is 30.2 Å². The summed E-state index contributed by atoms with van der Waals surface area (Å²) in [4.78, 5) is 4.10. The molecule has 0 aliphatic heterocycles. The normalized spacial score (nSPS) is 9.25. The van der Waals surface area contributed by atoms with Gasteiger partial charge in [-0.05, 0) is 29.8 Å². The standard InChI is InChI=1S/C18H12ClN3.3C2H6/c19-16-8-4-7-15-17(13-9-11-20-12-10-13)18(21-22(15)16)14-5-2-1-3-6-14;3*1-2/h1-12H;3*1-2H3. The van der Waals surface area contributed by atoms with Crippen LogP contribution < -0.4 is 0 Å². The Balaban J connectivity index is 0.000000599. The minimum atomic E-state index is 0.593. The monoisotopic (exact) mass is 395 g/mol. The van der Waals surface area contributed by atoms with Crippen LogP contribution in [0.25, 0.3) is 27.9 Å². The van der Waals surface area contributed by atoms with Crippen molar-refractivity contribution in [1.29, 1.82) is 0 Å². The zero-order valence-corrected chi connectivity index (χ0v) is 18.4. The third-order valence-electron chi connectivity index (χ3n) is 3.63. The molecule has 148 valence electrons. The van der Waals surface area contributed by atoms with Crippen molar-refractivity contribution in [3.63, 3.8) is 0 Å². The van der Waals surface area contributed by atoms with Crippen LogP contribution in [0.2, 0.25) is 5.15 Å². The molecule has 4 heteroatoms. The van der Waals surface area contributed by atoms with Crippen LogP contribution in [0, 0.1) is 0 Å². The Labute approximate surface area is 174 Å². The summed E-state index contributed by atoms with van der Waals surface area (Å²) in [5.74, 6) is 0. The summed E-state index contributed by atoms with van der Waals surface area (Å²) in [6.45, 7) is 12.0. The van der Waals surface area contributed by atoms with Crippen molar-refractivity contribution in [2.24, 2.45) is 0 Å². The minimum absolute atomic E-state index is 0.593. The number of rotatable bonds is 2. The van der Waals surface area contributed by atoms with Gasteiger partial charge in [-0.2, -0.15) is 5.10 Å². The van der Waals surface area contributed by atoms with Crippen LogP contribution in [-0.4, -0.2) is 14.6 Å². The summed E-state index contributed by atoms with van der Waals surface area (Å²) in [6.07, 6.45) is 3.58. The first kappa shape index (κ1) is 23.4. The summed E-state index contributed by atoms with van der Waals surface area (Å²) >= 11 is 6.31. The molecule has 0 saturated carbocycles. The van der Waals surface area contributed by atoms with E-state index >= 15 is 0 Å². The molecule has 0 radical (unpaired) electrons. The first-order valence-corrected chi connectivity index (χ1v) is 10.4. The third-order valence-corrected chi connectivity index (χ3v) is 3.91. The average molecular weight is 396 g/mol. The molecule has 0 N–H and O–H groups in total. The molecule has 3 nitrogen and oxygen atoms in total. The predicted molar refractivity (Wildman–Crippen MR) is 123 cm³/mol. The van der Waals surface area contributed by atoms with Gasteiger partial charge in [0.2, 0.25) is 0 Å². The van der Waals surface area contributed by atoms with Crippen LogP contribution in [0.3, 0.4) is 0 Å². The molecule has 0 spiro atoms. The fraction of sp³-hybridized carbons (Fsp3) is 0.250. The summed E-state index contributed by atoms with van der Waals surface area (Å²) in [7, 11) is 0. The van der Waals surface area contributed by atoms with Gasteiger partial charge in [0.25, 0.3) is 0 Å². The van der Waals surface area contributed by atoms with Crippen molar-refractivity contribution in [3.05, 3.63) is 78.2 Å². The lowest BCUT2D eigenvalue weighted by Gasteiger charge is -2.03. The van der Waals surface area contributed by atoms with Crippen molar-refractivity contribution in [1.82, 2.24) is 14.6 Å². The molecule has 0 bridgehead atoms. The maximum absolute atomic E-state index is 6.31. The first-order valence-electron chi connectivity index (χ1n) is 9.97. The highest BCUT2D eigenvalue weighted by atomic mass is 35.5. The molecule has 4 aromatic rings. The van der Waals surface area contributed by atoms with Crippen molar-refractivity contribution in [3.8, 4) is 22.4 Å². The van der Waals surface area contributed by atoms with Crippen molar-refractivity contribution in [2.45, 2.75) is 41.5 Å². The zero-order valence-electron chi connectivity index (χ0n) is 17.6. The van der Waals surface area contributed by atoms with E-state index in [1.807, 2.05) is 90.1 Å². The van der Waals surface area contributed by atoms with Crippen LogP contribution in [0.5, 0.6) is 0 Å². The molecule has 0 saturated heterocycles. The quantitative estimate of drug-likeness (QED) is 0.324. The molecule has 0 aliphatic carbocycles. The average Bonchev–Trinajstić information content (AvgIpc) is 3.20. The Morgan fingerprint density at radius 2 is 1.29 bits per heavy atom. The maximum atomic E-state index is 6.31. The van der Waals surface area contributed by atoms with Gasteiger partial charge in [0, 0.05) is 23.5 Å². The maximum Gasteiger partial charge on any atom is 0.131 e. The molecular weight excluding hydrogens is 366 g/mol. The first-order chi connectivity index (χ1) is 13.8. The van der Waals surface area contributed by atoms with Crippen LogP contribution in [-0.2, 0) is 0 Å². The van der Waals surface area contributed by atoms with Gasteiger partial charge in [0.15, 0.2) is 0 Å². The van der Waals surface area contributed by atoms with Gasteiger partial charge in [-0.15, -0.1) is 0 Å². The van der Waals surface area contributed by atoms with Gasteiger partial charge >= 0.3 is 0 Å². The molecule has 0 unspecified atom stereocenters. The number of pyridine rings is 2. The number of aromatic nitrogens is 3. The Hall–Kier alpha value is -2.65. The smallest absolute Gasteiger partial charge is 0.131 e. The molecule has 4 rings (SSSR count). The SMILES string of the molecule is CC.CC.CC.Clc1cccc2c(-c3ccncc3)c(-c3ccccc3)nn12. The predicted octanol–water partition coefficient (Wildman–Crippen LogP) is 7.80. The summed E-state index contributed by atoms with van der Waals surface area (Å²) in [5.41, 5.74) is 5.11. The third kappa shape index (κ3) is 5.20. The van der Waals surface area contributed by atoms with Crippen LogP contribution in [0.4, 0.5) is 0 Å². The molecule has 0 fully saturated rings. The van der Waals surface area contributed by atoms with Crippen molar-refractivity contribution in [2.75, 3.05) is 0 Å². The van der Waals surface area contributed by atoms with E-state index in [9.17, 15) is 0 Å². The highest BCUT2D eigenvalue weighted by Gasteiger charge is 2.17. The van der Waals surface area contributed by atoms with E-state index in [0.29, 0.717) is 5.15 Å². The van der Waals surface area contributed by atoms with Gasteiger partial charge in [-0.25, -0.2) is 4.52 Å². The Morgan fingerprint density at radius 1 is 0.679 bits per heavy atom. The van der Waals surface area contributed by atoms with E-state index in [0.717, 1.165) is 27.9 Å². The molecule has 1 aromatic carbocycles. The van der Waals surface area contributed by atoms with E-state index < -0.39 is 0 Å². The van der Waals surface area contributed by atoms with Crippen LogP contribution >= 0.6 is 11.6 Å². The van der Waals surface area contributed by atoms with E-state index in [4.69, 9.17) is 16.7 Å².